The van der Waals surface area contributed by atoms with Crippen molar-refractivity contribution in [1.29, 1.82) is 0 Å². The molecule has 0 saturated carbocycles. The molecule has 1 aliphatic heterocycles. The van der Waals surface area contributed by atoms with E-state index < -0.39 is 0 Å². The quantitative estimate of drug-likeness (QED) is 0.785. The summed E-state index contributed by atoms with van der Waals surface area (Å²) in [5.41, 5.74) is 6.48. The van der Waals surface area contributed by atoms with Gasteiger partial charge in [0.15, 0.2) is 0 Å². The molecule has 0 amide bonds. The minimum Gasteiger partial charge on any atom is -0.492 e. The molecule has 3 N–H and O–H groups in total. The molecule has 1 aliphatic rings. The van der Waals surface area contributed by atoms with Crippen LogP contribution in [0.25, 0.3) is 0 Å². The summed E-state index contributed by atoms with van der Waals surface area (Å²) in [5.74, 6) is 1.20. The standard InChI is InChI=1S/C16H24N2O2S/c1-12(19)13-6-8-18(9-7-13)10-11-20-15-5-3-2-4-14(15)16(17)21/h2-5,12-13,19H,6-11H2,1H3,(H2,17,21). The van der Waals surface area contributed by atoms with Crippen LogP contribution in [-0.4, -0.2) is 47.3 Å². The lowest BCUT2D eigenvalue weighted by molar-refractivity contribution is 0.0672. The third kappa shape index (κ3) is 4.66. The van der Waals surface area contributed by atoms with Crippen LogP contribution in [0.3, 0.4) is 0 Å². The first-order chi connectivity index (χ1) is 10.1. The topological polar surface area (TPSA) is 58.7 Å². The number of aliphatic hydroxyl groups is 1. The van der Waals surface area contributed by atoms with Crippen LogP contribution < -0.4 is 10.5 Å². The highest BCUT2D eigenvalue weighted by Crippen LogP contribution is 2.21. The van der Waals surface area contributed by atoms with Crippen molar-refractivity contribution in [2.75, 3.05) is 26.2 Å². The van der Waals surface area contributed by atoms with E-state index in [2.05, 4.69) is 4.90 Å². The van der Waals surface area contributed by atoms with Gasteiger partial charge in [0.05, 0.1) is 11.7 Å². The van der Waals surface area contributed by atoms with E-state index in [4.69, 9.17) is 22.7 Å². The van der Waals surface area contributed by atoms with Crippen molar-refractivity contribution >= 4 is 17.2 Å². The monoisotopic (exact) mass is 308 g/mol. The molecule has 4 nitrogen and oxygen atoms in total. The van der Waals surface area contributed by atoms with Crippen molar-refractivity contribution < 1.29 is 9.84 Å². The van der Waals surface area contributed by atoms with Gasteiger partial charge in [0.2, 0.25) is 0 Å². The number of benzene rings is 1. The second-order valence-electron chi connectivity index (χ2n) is 5.63. The SMILES string of the molecule is CC(O)C1CCN(CCOc2ccccc2C(N)=S)CC1. The van der Waals surface area contributed by atoms with E-state index in [9.17, 15) is 5.11 Å². The van der Waals surface area contributed by atoms with Gasteiger partial charge in [-0.05, 0) is 50.9 Å². The number of aliphatic hydroxyl groups excluding tert-OH is 1. The van der Waals surface area contributed by atoms with Gasteiger partial charge in [-0.15, -0.1) is 0 Å². The van der Waals surface area contributed by atoms with Gasteiger partial charge in [0.25, 0.3) is 0 Å². The van der Waals surface area contributed by atoms with E-state index in [1.807, 2.05) is 31.2 Å². The lowest BCUT2D eigenvalue weighted by atomic mass is 9.92. The molecule has 1 fully saturated rings. The number of hydrogen-bond acceptors (Lipinski definition) is 4. The first-order valence-corrected chi connectivity index (χ1v) is 7.91. The normalized spacial score (nSPS) is 18.4. The molecule has 2 rings (SSSR count). The summed E-state index contributed by atoms with van der Waals surface area (Å²) in [6, 6.07) is 7.60. The molecule has 0 aliphatic carbocycles. The van der Waals surface area contributed by atoms with Crippen LogP contribution in [0.4, 0.5) is 0 Å². The number of rotatable bonds is 6. The number of thiocarbonyl (C=S) groups is 1. The molecule has 1 unspecified atom stereocenters. The molecule has 1 atom stereocenters. The Morgan fingerprint density at radius 2 is 2.10 bits per heavy atom. The molecular weight excluding hydrogens is 284 g/mol. The maximum Gasteiger partial charge on any atom is 0.129 e. The van der Waals surface area contributed by atoms with Crippen molar-refractivity contribution in [1.82, 2.24) is 4.90 Å². The zero-order chi connectivity index (χ0) is 15.2. The summed E-state index contributed by atoms with van der Waals surface area (Å²) in [6.45, 7) is 5.44. The Hall–Kier alpha value is -1.17. The average molecular weight is 308 g/mol. The molecule has 0 radical (unpaired) electrons. The third-order valence-corrected chi connectivity index (χ3v) is 4.35. The summed E-state index contributed by atoms with van der Waals surface area (Å²) < 4.78 is 5.82. The third-order valence-electron chi connectivity index (χ3n) is 4.13. The number of ether oxygens (including phenoxy) is 1. The van der Waals surface area contributed by atoms with Gasteiger partial charge in [0, 0.05) is 6.54 Å². The number of likely N-dealkylation sites (tertiary alicyclic amines) is 1. The van der Waals surface area contributed by atoms with Gasteiger partial charge >= 0.3 is 0 Å². The molecule has 1 aromatic rings. The van der Waals surface area contributed by atoms with Crippen LogP contribution in [0.1, 0.15) is 25.3 Å². The molecule has 0 bridgehead atoms. The Morgan fingerprint density at radius 1 is 1.43 bits per heavy atom. The zero-order valence-corrected chi connectivity index (χ0v) is 13.3. The Kier molecular flexibility index (Phi) is 5.96. The van der Waals surface area contributed by atoms with Crippen molar-refractivity contribution in [2.24, 2.45) is 11.7 Å². The van der Waals surface area contributed by atoms with Crippen molar-refractivity contribution in [3.8, 4) is 5.75 Å². The fourth-order valence-electron chi connectivity index (χ4n) is 2.74. The summed E-state index contributed by atoms with van der Waals surface area (Å²) >= 11 is 5.03. The van der Waals surface area contributed by atoms with Crippen LogP contribution in [-0.2, 0) is 0 Å². The number of nitrogens with two attached hydrogens (primary N) is 1. The molecule has 5 heteroatoms. The van der Waals surface area contributed by atoms with E-state index in [-0.39, 0.29) is 6.10 Å². The molecule has 1 heterocycles. The van der Waals surface area contributed by atoms with Crippen molar-refractivity contribution in [2.45, 2.75) is 25.9 Å². The Bertz CT molecular complexity index is 471. The molecule has 1 saturated heterocycles. The zero-order valence-electron chi connectivity index (χ0n) is 12.5. The maximum absolute atomic E-state index is 9.60. The van der Waals surface area contributed by atoms with Gasteiger partial charge in [-0.3, -0.25) is 4.90 Å². The lowest BCUT2D eigenvalue weighted by Gasteiger charge is -2.33. The minimum atomic E-state index is -0.194. The first-order valence-electron chi connectivity index (χ1n) is 7.50. The fraction of sp³-hybridized carbons (Fsp3) is 0.562. The highest BCUT2D eigenvalue weighted by molar-refractivity contribution is 7.80. The van der Waals surface area contributed by atoms with Crippen LogP contribution in [0.5, 0.6) is 5.75 Å². The Morgan fingerprint density at radius 3 is 2.71 bits per heavy atom. The van der Waals surface area contributed by atoms with Crippen molar-refractivity contribution in [3.63, 3.8) is 0 Å². The van der Waals surface area contributed by atoms with E-state index in [0.717, 1.165) is 43.8 Å². The number of piperidine rings is 1. The second kappa shape index (κ2) is 7.73. The maximum atomic E-state index is 9.60. The average Bonchev–Trinajstić information content (AvgIpc) is 2.48. The highest BCUT2D eigenvalue weighted by Gasteiger charge is 2.22. The summed E-state index contributed by atoms with van der Waals surface area (Å²) in [7, 11) is 0. The minimum absolute atomic E-state index is 0.194. The van der Waals surface area contributed by atoms with Crippen LogP contribution >= 0.6 is 12.2 Å². The predicted octanol–water partition coefficient (Wildman–Crippen LogP) is 1.79. The van der Waals surface area contributed by atoms with Crippen molar-refractivity contribution in [3.05, 3.63) is 29.8 Å². The van der Waals surface area contributed by atoms with Gasteiger partial charge in [0.1, 0.15) is 17.3 Å². The van der Waals surface area contributed by atoms with Crippen LogP contribution in [0.2, 0.25) is 0 Å². The van der Waals surface area contributed by atoms with Gasteiger partial charge in [-0.25, -0.2) is 0 Å². The number of para-hydroxylation sites is 1. The lowest BCUT2D eigenvalue weighted by Crippen LogP contribution is -2.39. The van der Waals surface area contributed by atoms with Crippen LogP contribution in [0.15, 0.2) is 24.3 Å². The molecule has 0 aromatic heterocycles. The molecule has 116 valence electrons. The highest BCUT2D eigenvalue weighted by atomic mass is 32.1. The summed E-state index contributed by atoms with van der Waals surface area (Å²) in [5, 5.41) is 9.60. The van der Waals surface area contributed by atoms with Crippen LogP contribution in [0, 0.1) is 5.92 Å². The number of nitrogens with zero attached hydrogens (tertiary/aromatic N) is 1. The second-order valence-corrected chi connectivity index (χ2v) is 6.07. The van der Waals surface area contributed by atoms with E-state index in [1.54, 1.807) is 0 Å². The van der Waals surface area contributed by atoms with Gasteiger partial charge in [-0.2, -0.15) is 0 Å². The summed E-state index contributed by atoms with van der Waals surface area (Å²) in [4.78, 5) is 2.74. The van der Waals surface area contributed by atoms with Gasteiger partial charge in [-0.1, -0.05) is 24.4 Å². The summed E-state index contributed by atoms with van der Waals surface area (Å²) in [6.07, 6.45) is 1.92. The molecular formula is C16H24N2O2S. The molecule has 1 aromatic carbocycles. The van der Waals surface area contributed by atoms with Gasteiger partial charge < -0.3 is 15.6 Å². The van der Waals surface area contributed by atoms with E-state index in [1.165, 1.54) is 0 Å². The smallest absolute Gasteiger partial charge is 0.129 e. The molecule has 0 spiro atoms. The fourth-order valence-corrected chi connectivity index (χ4v) is 2.91. The van der Waals surface area contributed by atoms with E-state index in [0.29, 0.717) is 17.5 Å². The molecule has 21 heavy (non-hydrogen) atoms. The Labute approximate surface area is 131 Å². The van der Waals surface area contributed by atoms with E-state index >= 15 is 0 Å². The Balaban J connectivity index is 1.77. The predicted molar refractivity (Wildman–Crippen MR) is 88.7 cm³/mol. The number of hydrogen-bond donors (Lipinski definition) is 2. The largest absolute Gasteiger partial charge is 0.492 e. The first kappa shape index (κ1) is 16.2.